The van der Waals surface area contributed by atoms with Crippen LogP contribution in [0.3, 0.4) is 0 Å². The maximum absolute atomic E-state index is 15.1. The molecule has 3 aromatic rings. The van der Waals surface area contributed by atoms with Crippen molar-refractivity contribution in [3.8, 4) is 6.07 Å². The highest BCUT2D eigenvalue weighted by molar-refractivity contribution is 5.84. The quantitative estimate of drug-likeness (QED) is 0.451. The zero-order valence-electron chi connectivity index (χ0n) is 17.1. The summed E-state index contributed by atoms with van der Waals surface area (Å²) in [5.74, 6) is 1.43. The Morgan fingerprint density at radius 1 is 0.931 bits per heavy atom. The van der Waals surface area contributed by atoms with Crippen molar-refractivity contribution in [1.29, 1.82) is 5.26 Å². The van der Waals surface area contributed by atoms with E-state index in [0.717, 1.165) is 34.2 Å². The third-order valence-corrected chi connectivity index (χ3v) is 6.72. The molecule has 0 heterocycles. The molecule has 4 rings (SSSR count). The van der Waals surface area contributed by atoms with Gasteiger partial charge in [-0.25, -0.2) is 4.39 Å². The number of benzene rings is 3. The van der Waals surface area contributed by atoms with Gasteiger partial charge in [0.1, 0.15) is 5.82 Å². The first-order valence-electron chi connectivity index (χ1n) is 10.9. The molecule has 1 nitrogen and oxygen atoms in total. The van der Waals surface area contributed by atoms with E-state index in [0.29, 0.717) is 17.9 Å². The van der Waals surface area contributed by atoms with Gasteiger partial charge in [-0.05, 0) is 84.6 Å². The molecule has 3 aromatic carbocycles. The molecule has 0 bridgehead atoms. The Morgan fingerprint density at radius 3 is 2.38 bits per heavy atom. The van der Waals surface area contributed by atoms with Gasteiger partial charge in [0, 0.05) is 5.39 Å². The van der Waals surface area contributed by atoms with Crippen LogP contribution in [0.5, 0.6) is 0 Å². The molecule has 1 saturated carbocycles. The monoisotopic (exact) mass is 385 g/mol. The highest BCUT2D eigenvalue weighted by atomic mass is 19.1. The summed E-state index contributed by atoms with van der Waals surface area (Å²) < 4.78 is 15.1. The normalized spacial score (nSPS) is 19.2. The largest absolute Gasteiger partial charge is 0.206 e. The number of hydrogen-bond donors (Lipinski definition) is 0. The first kappa shape index (κ1) is 19.6. The van der Waals surface area contributed by atoms with Crippen LogP contribution in [0.15, 0.2) is 54.6 Å². The number of rotatable bonds is 5. The number of nitrogens with zero attached hydrogens (tertiary/aromatic N) is 1. The molecule has 0 amide bonds. The molecule has 0 unspecified atom stereocenters. The molecule has 0 radical (unpaired) electrons. The lowest BCUT2D eigenvalue weighted by molar-refractivity contribution is 0.319. The molecule has 2 heteroatoms. The molecule has 148 valence electrons. The molecule has 29 heavy (non-hydrogen) atoms. The predicted molar refractivity (Wildman–Crippen MR) is 117 cm³/mol. The van der Waals surface area contributed by atoms with Gasteiger partial charge >= 0.3 is 0 Å². The Hall–Kier alpha value is -2.66. The van der Waals surface area contributed by atoms with Gasteiger partial charge in [0.15, 0.2) is 0 Å². The van der Waals surface area contributed by atoms with Crippen molar-refractivity contribution in [2.45, 2.75) is 57.8 Å². The van der Waals surface area contributed by atoms with E-state index < -0.39 is 0 Å². The number of nitriles is 1. The fraction of sp³-hybridized carbons (Fsp3) is 0.370. The predicted octanol–water partition coefficient (Wildman–Crippen LogP) is 7.32. The van der Waals surface area contributed by atoms with E-state index in [-0.39, 0.29) is 5.82 Å². The Kier molecular flexibility index (Phi) is 5.95. The fourth-order valence-corrected chi connectivity index (χ4v) is 4.73. The highest BCUT2D eigenvalue weighted by Crippen LogP contribution is 2.38. The second kappa shape index (κ2) is 8.78. The minimum atomic E-state index is -0.0858. The summed E-state index contributed by atoms with van der Waals surface area (Å²) in [6, 6.07) is 20.0. The lowest BCUT2D eigenvalue weighted by Crippen LogP contribution is -2.12. The van der Waals surface area contributed by atoms with Crippen LogP contribution in [0.25, 0.3) is 10.8 Å². The number of fused-ring (bicyclic) bond motifs is 1. The van der Waals surface area contributed by atoms with Crippen molar-refractivity contribution in [2.24, 2.45) is 5.92 Å². The summed E-state index contributed by atoms with van der Waals surface area (Å²) in [4.78, 5) is 0. The molecule has 0 N–H and O–H groups in total. The van der Waals surface area contributed by atoms with Crippen LogP contribution in [0.1, 0.15) is 67.2 Å². The van der Waals surface area contributed by atoms with Crippen LogP contribution in [0.2, 0.25) is 0 Å². The average molecular weight is 386 g/mol. The van der Waals surface area contributed by atoms with E-state index in [1.54, 1.807) is 0 Å². The lowest BCUT2D eigenvalue weighted by atomic mass is 9.77. The van der Waals surface area contributed by atoms with Crippen molar-refractivity contribution in [3.05, 3.63) is 82.7 Å². The minimum absolute atomic E-state index is 0.0858. The van der Waals surface area contributed by atoms with Crippen LogP contribution in [-0.4, -0.2) is 0 Å². The van der Waals surface area contributed by atoms with Crippen molar-refractivity contribution >= 4 is 10.8 Å². The second-order valence-electron chi connectivity index (χ2n) is 8.45. The molecular formula is C27H28FN. The first-order chi connectivity index (χ1) is 14.2. The molecule has 0 aliphatic heterocycles. The third kappa shape index (κ3) is 4.35. The van der Waals surface area contributed by atoms with Crippen molar-refractivity contribution in [3.63, 3.8) is 0 Å². The van der Waals surface area contributed by atoms with E-state index in [1.165, 1.54) is 37.7 Å². The number of aryl methyl sites for hydroxylation is 2. The summed E-state index contributed by atoms with van der Waals surface area (Å²) in [6.07, 6.45) is 7.89. The Balaban J connectivity index is 1.49. The van der Waals surface area contributed by atoms with Gasteiger partial charge < -0.3 is 0 Å². The molecule has 1 aliphatic carbocycles. The molecular weight excluding hydrogens is 357 g/mol. The van der Waals surface area contributed by atoms with Gasteiger partial charge in [-0.1, -0.05) is 55.8 Å². The van der Waals surface area contributed by atoms with Crippen LogP contribution in [0, 0.1) is 23.1 Å². The van der Waals surface area contributed by atoms with Crippen LogP contribution in [0.4, 0.5) is 4.39 Å². The van der Waals surface area contributed by atoms with Crippen LogP contribution in [-0.2, 0) is 12.8 Å². The zero-order chi connectivity index (χ0) is 20.2. The standard InChI is InChI=1S/C27H28FN/c1-2-19-7-10-22(11-8-19)24-15-16-26-25(17-24)14-13-23(27(26)28)12-9-20-3-5-21(18-29)6-4-20/h3-6,13-17,19,22H,2,7-12H2,1H3. The third-order valence-electron chi connectivity index (χ3n) is 6.72. The van der Waals surface area contributed by atoms with Gasteiger partial charge in [-0.15, -0.1) is 0 Å². The smallest absolute Gasteiger partial charge is 0.134 e. The number of hydrogen-bond acceptors (Lipinski definition) is 1. The van der Waals surface area contributed by atoms with E-state index in [9.17, 15) is 0 Å². The molecule has 1 aliphatic rings. The SMILES string of the molecule is CCC1CCC(c2ccc3c(F)c(CCc4ccc(C#N)cc4)ccc3c2)CC1. The van der Waals surface area contributed by atoms with E-state index in [4.69, 9.17) is 5.26 Å². The fourth-order valence-electron chi connectivity index (χ4n) is 4.73. The Bertz CT molecular complexity index is 1020. The second-order valence-corrected chi connectivity index (χ2v) is 8.45. The van der Waals surface area contributed by atoms with Crippen molar-refractivity contribution in [2.75, 3.05) is 0 Å². The van der Waals surface area contributed by atoms with Crippen LogP contribution >= 0.6 is 0 Å². The zero-order valence-corrected chi connectivity index (χ0v) is 17.1. The van der Waals surface area contributed by atoms with Crippen LogP contribution < -0.4 is 0 Å². The summed E-state index contributed by atoms with van der Waals surface area (Å²) in [7, 11) is 0. The highest BCUT2D eigenvalue weighted by Gasteiger charge is 2.21. The molecule has 1 fully saturated rings. The van der Waals surface area contributed by atoms with E-state index >= 15 is 4.39 Å². The minimum Gasteiger partial charge on any atom is -0.206 e. The maximum Gasteiger partial charge on any atom is 0.134 e. The Labute approximate surface area is 173 Å². The summed E-state index contributed by atoms with van der Waals surface area (Å²) in [5, 5.41) is 10.6. The topological polar surface area (TPSA) is 23.8 Å². The molecule has 0 aromatic heterocycles. The van der Waals surface area contributed by atoms with Gasteiger partial charge in [0.2, 0.25) is 0 Å². The van der Waals surface area contributed by atoms with Crippen molar-refractivity contribution in [1.82, 2.24) is 0 Å². The molecule has 0 atom stereocenters. The van der Waals surface area contributed by atoms with Gasteiger partial charge in [-0.2, -0.15) is 5.26 Å². The average Bonchev–Trinajstić information content (AvgIpc) is 2.79. The van der Waals surface area contributed by atoms with E-state index in [1.807, 2.05) is 36.4 Å². The van der Waals surface area contributed by atoms with Gasteiger partial charge in [-0.3, -0.25) is 0 Å². The van der Waals surface area contributed by atoms with Gasteiger partial charge in [0.25, 0.3) is 0 Å². The number of halogens is 1. The lowest BCUT2D eigenvalue weighted by Gasteiger charge is -2.28. The summed E-state index contributed by atoms with van der Waals surface area (Å²) in [5.41, 5.74) is 3.92. The molecule has 0 spiro atoms. The summed E-state index contributed by atoms with van der Waals surface area (Å²) >= 11 is 0. The first-order valence-corrected chi connectivity index (χ1v) is 10.9. The van der Waals surface area contributed by atoms with Crippen molar-refractivity contribution < 1.29 is 4.39 Å². The Morgan fingerprint density at radius 2 is 1.69 bits per heavy atom. The summed E-state index contributed by atoms with van der Waals surface area (Å²) in [6.45, 7) is 2.29. The van der Waals surface area contributed by atoms with E-state index in [2.05, 4.69) is 31.2 Å². The maximum atomic E-state index is 15.1. The van der Waals surface area contributed by atoms with Gasteiger partial charge in [0.05, 0.1) is 11.6 Å². The molecule has 0 saturated heterocycles.